The molecule has 0 saturated carbocycles. The van der Waals surface area contributed by atoms with Gasteiger partial charge in [-0.2, -0.15) is 10.5 Å². The summed E-state index contributed by atoms with van der Waals surface area (Å²) in [5.74, 6) is 1.32. The fraction of sp³-hybridized carbons (Fsp3) is 0.222. The third-order valence-electron chi connectivity index (χ3n) is 3.12. The molecule has 0 N–H and O–H groups in total. The summed E-state index contributed by atoms with van der Waals surface area (Å²) in [4.78, 5) is 0. The smallest absolute Gasteiger partial charge is 0.132 e. The Labute approximate surface area is 125 Å². The van der Waals surface area contributed by atoms with Crippen molar-refractivity contribution in [2.75, 3.05) is 0 Å². The van der Waals surface area contributed by atoms with Crippen molar-refractivity contribution in [3.8, 4) is 23.6 Å². The highest BCUT2D eigenvalue weighted by Gasteiger charge is 2.25. The van der Waals surface area contributed by atoms with Gasteiger partial charge in [0.25, 0.3) is 0 Å². The van der Waals surface area contributed by atoms with Crippen molar-refractivity contribution in [1.29, 1.82) is 10.5 Å². The molecule has 0 radical (unpaired) electrons. The average Bonchev–Trinajstić information content (AvgIpc) is 2.46. The molecule has 3 nitrogen and oxygen atoms in total. The lowest BCUT2D eigenvalue weighted by Gasteiger charge is -2.24. The first-order valence-corrected chi connectivity index (χ1v) is 6.68. The van der Waals surface area contributed by atoms with Crippen LogP contribution < -0.4 is 4.74 Å². The Morgan fingerprint density at radius 1 is 0.905 bits per heavy atom. The number of hydrogen-bond donors (Lipinski definition) is 0. The second-order valence-electron chi connectivity index (χ2n) is 5.75. The van der Waals surface area contributed by atoms with Crippen LogP contribution >= 0.6 is 0 Å². The zero-order valence-corrected chi connectivity index (χ0v) is 12.3. The van der Waals surface area contributed by atoms with Crippen molar-refractivity contribution in [3.05, 3.63) is 59.2 Å². The van der Waals surface area contributed by atoms with Gasteiger partial charge in [-0.15, -0.1) is 0 Å². The largest absolute Gasteiger partial charge is 0.457 e. The summed E-state index contributed by atoms with van der Waals surface area (Å²) in [7, 11) is 0. The van der Waals surface area contributed by atoms with Crippen LogP contribution in [0, 0.1) is 22.7 Å². The maximum absolute atomic E-state index is 9.43. The van der Waals surface area contributed by atoms with E-state index < -0.39 is 0 Å². The van der Waals surface area contributed by atoms with E-state index >= 15 is 0 Å². The van der Waals surface area contributed by atoms with Crippen LogP contribution in [-0.4, -0.2) is 0 Å². The minimum atomic E-state index is -0.304. The zero-order chi connectivity index (χ0) is 15.5. The van der Waals surface area contributed by atoms with Crippen LogP contribution in [0.1, 0.15) is 37.5 Å². The lowest BCUT2D eigenvalue weighted by molar-refractivity contribution is 0.454. The number of ether oxygens (including phenoxy) is 1. The van der Waals surface area contributed by atoms with Crippen LogP contribution in [0.4, 0.5) is 0 Å². The molecule has 104 valence electrons. The highest BCUT2D eigenvalue weighted by atomic mass is 16.5. The SMILES string of the molecule is CC(C)(C)c1c(Oc2ccccc2)ccc(C#N)c1C#N. The highest BCUT2D eigenvalue weighted by molar-refractivity contribution is 5.59. The van der Waals surface area contributed by atoms with E-state index in [1.54, 1.807) is 12.1 Å². The number of hydrogen-bond acceptors (Lipinski definition) is 3. The van der Waals surface area contributed by atoms with Crippen molar-refractivity contribution in [1.82, 2.24) is 0 Å². The lowest BCUT2D eigenvalue weighted by Crippen LogP contribution is -2.16. The summed E-state index contributed by atoms with van der Waals surface area (Å²) < 4.78 is 5.92. The summed E-state index contributed by atoms with van der Waals surface area (Å²) in [5.41, 5.74) is 1.22. The van der Waals surface area contributed by atoms with Gasteiger partial charge in [0.15, 0.2) is 0 Å². The predicted octanol–water partition coefficient (Wildman–Crippen LogP) is 4.52. The van der Waals surface area contributed by atoms with E-state index in [0.29, 0.717) is 22.6 Å². The first-order valence-electron chi connectivity index (χ1n) is 6.68. The maximum atomic E-state index is 9.43. The molecule has 0 unspecified atom stereocenters. The van der Waals surface area contributed by atoms with Crippen LogP contribution in [0.15, 0.2) is 42.5 Å². The van der Waals surface area contributed by atoms with E-state index in [9.17, 15) is 10.5 Å². The quantitative estimate of drug-likeness (QED) is 0.810. The molecule has 2 aromatic carbocycles. The van der Waals surface area contributed by atoms with Crippen molar-refractivity contribution in [2.24, 2.45) is 0 Å². The monoisotopic (exact) mass is 276 g/mol. The van der Waals surface area contributed by atoms with Crippen molar-refractivity contribution in [3.63, 3.8) is 0 Å². The molecule has 0 aliphatic carbocycles. The van der Waals surface area contributed by atoms with Crippen molar-refractivity contribution >= 4 is 0 Å². The van der Waals surface area contributed by atoms with Crippen LogP contribution in [0.2, 0.25) is 0 Å². The molecular weight excluding hydrogens is 260 g/mol. The fourth-order valence-electron chi connectivity index (χ4n) is 2.24. The van der Waals surface area contributed by atoms with Crippen LogP contribution in [-0.2, 0) is 5.41 Å². The zero-order valence-electron chi connectivity index (χ0n) is 12.3. The molecule has 0 saturated heterocycles. The predicted molar refractivity (Wildman–Crippen MR) is 81.1 cm³/mol. The molecule has 0 aromatic heterocycles. The van der Waals surface area contributed by atoms with Gasteiger partial charge in [-0.3, -0.25) is 0 Å². The van der Waals surface area contributed by atoms with Gasteiger partial charge in [0, 0.05) is 5.56 Å². The minimum Gasteiger partial charge on any atom is -0.457 e. The summed E-state index contributed by atoms with van der Waals surface area (Å²) in [6, 6.07) is 17.0. The molecule has 0 bridgehead atoms. The second kappa shape index (κ2) is 5.69. The molecule has 2 rings (SSSR count). The number of para-hydroxylation sites is 1. The molecular formula is C18H16N2O. The molecule has 2 aromatic rings. The van der Waals surface area contributed by atoms with Gasteiger partial charge in [0.2, 0.25) is 0 Å². The summed E-state index contributed by atoms with van der Waals surface area (Å²) in [5, 5.41) is 18.6. The Hall–Kier alpha value is -2.78. The van der Waals surface area contributed by atoms with Gasteiger partial charge in [-0.1, -0.05) is 39.0 Å². The maximum Gasteiger partial charge on any atom is 0.132 e. The molecule has 0 spiro atoms. The summed E-state index contributed by atoms with van der Waals surface area (Å²) >= 11 is 0. The van der Waals surface area contributed by atoms with Gasteiger partial charge in [-0.25, -0.2) is 0 Å². The van der Waals surface area contributed by atoms with E-state index in [2.05, 4.69) is 12.1 Å². The Morgan fingerprint density at radius 3 is 2.10 bits per heavy atom. The number of nitriles is 2. The molecule has 0 fully saturated rings. The molecule has 0 aliphatic heterocycles. The Morgan fingerprint density at radius 2 is 1.57 bits per heavy atom. The van der Waals surface area contributed by atoms with Crippen LogP contribution in [0.25, 0.3) is 0 Å². The Kier molecular flexibility index (Phi) is 3.96. The van der Waals surface area contributed by atoms with E-state index in [1.165, 1.54) is 0 Å². The lowest BCUT2D eigenvalue weighted by atomic mass is 9.82. The molecule has 3 heteroatoms. The normalized spacial score (nSPS) is 10.5. The first kappa shape index (κ1) is 14.6. The van der Waals surface area contributed by atoms with E-state index in [0.717, 1.165) is 5.56 Å². The molecule has 0 atom stereocenters. The van der Waals surface area contributed by atoms with Crippen molar-refractivity contribution < 1.29 is 4.74 Å². The molecule has 0 heterocycles. The summed E-state index contributed by atoms with van der Waals surface area (Å²) in [6.45, 7) is 6.01. The number of nitrogens with zero attached hydrogens (tertiary/aromatic N) is 2. The van der Waals surface area contributed by atoms with Gasteiger partial charge >= 0.3 is 0 Å². The van der Waals surface area contributed by atoms with Gasteiger partial charge in [0.1, 0.15) is 23.6 Å². The Bertz CT molecular complexity index is 729. The van der Waals surface area contributed by atoms with E-state index in [4.69, 9.17) is 4.74 Å². The van der Waals surface area contributed by atoms with Crippen molar-refractivity contribution in [2.45, 2.75) is 26.2 Å². The summed E-state index contributed by atoms with van der Waals surface area (Å²) in [6.07, 6.45) is 0. The second-order valence-corrected chi connectivity index (χ2v) is 5.75. The average molecular weight is 276 g/mol. The molecule has 21 heavy (non-hydrogen) atoms. The molecule has 0 amide bonds. The Balaban J connectivity index is 2.62. The third-order valence-corrected chi connectivity index (χ3v) is 3.12. The number of benzene rings is 2. The first-order chi connectivity index (χ1) is 9.97. The standard InChI is InChI=1S/C18H16N2O/c1-18(2,3)17-15(12-20)13(11-19)9-10-16(17)21-14-7-5-4-6-8-14/h4-10H,1-3H3. The van der Waals surface area contributed by atoms with E-state index in [1.807, 2.05) is 51.1 Å². The minimum absolute atomic E-state index is 0.304. The van der Waals surface area contributed by atoms with Crippen LogP contribution in [0.3, 0.4) is 0 Å². The van der Waals surface area contributed by atoms with E-state index in [-0.39, 0.29) is 5.41 Å². The van der Waals surface area contributed by atoms with Gasteiger partial charge < -0.3 is 4.74 Å². The highest BCUT2D eigenvalue weighted by Crippen LogP contribution is 2.37. The van der Waals surface area contributed by atoms with Gasteiger partial charge in [0.05, 0.1) is 11.1 Å². The third kappa shape index (κ3) is 3.04. The molecule has 0 aliphatic rings. The number of rotatable bonds is 2. The fourth-order valence-corrected chi connectivity index (χ4v) is 2.24. The topological polar surface area (TPSA) is 56.8 Å². The van der Waals surface area contributed by atoms with Gasteiger partial charge in [-0.05, 0) is 29.7 Å². The van der Waals surface area contributed by atoms with Crippen LogP contribution in [0.5, 0.6) is 11.5 Å².